The number of hydrogen-bond donors (Lipinski definition) is 2. The summed E-state index contributed by atoms with van der Waals surface area (Å²) in [5.41, 5.74) is 1.96. The van der Waals surface area contributed by atoms with Crippen LogP contribution in [0.1, 0.15) is 12.6 Å². The lowest BCUT2D eigenvalue weighted by atomic mass is 10.1. The molecule has 2 rings (SSSR count). The molecule has 1 unspecified atom stereocenters. The van der Waals surface area contributed by atoms with Gasteiger partial charge < -0.3 is 5.11 Å². The Balaban J connectivity index is 2.46. The fourth-order valence-electron chi connectivity index (χ4n) is 1.47. The highest BCUT2D eigenvalue weighted by Gasteiger charge is 2.06. The SMILES string of the molecule is CC(O)Cc1[nH]nc2ccccc12. The van der Waals surface area contributed by atoms with Gasteiger partial charge in [0.1, 0.15) is 0 Å². The fourth-order valence-corrected chi connectivity index (χ4v) is 1.47. The Kier molecular flexibility index (Phi) is 2.02. The van der Waals surface area contributed by atoms with Crippen molar-refractivity contribution in [3.8, 4) is 0 Å². The van der Waals surface area contributed by atoms with Crippen molar-refractivity contribution in [1.29, 1.82) is 0 Å². The smallest absolute Gasteiger partial charge is 0.0923 e. The second-order valence-corrected chi connectivity index (χ2v) is 3.27. The van der Waals surface area contributed by atoms with Crippen LogP contribution >= 0.6 is 0 Å². The molecule has 1 aromatic heterocycles. The monoisotopic (exact) mass is 176 g/mol. The van der Waals surface area contributed by atoms with Crippen LogP contribution in [0.5, 0.6) is 0 Å². The van der Waals surface area contributed by atoms with Crippen molar-refractivity contribution in [2.45, 2.75) is 19.4 Å². The molecule has 0 saturated heterocycles. The molecule has 3 nitrogen and oxygen atoms in total. The van der Waals surface area contributed by atoms with E-state index in [1.807, 2.05) is 24.3 Å². The summed E-state index contributed by atoms with van der Waals surface area (Å²) in [6.07, 6.45) is 0.296. The first-order valence-electron chi connectivity index (χ1n) is 4.37. The van der Waals surface area contributed by atoms with Crippen LogP contribution < -0.4 is 0 Å². The Morgan fingerprint density at radius 2 is 2.23 bits per heavy atom. The number of aliphatic hydroxyl groups is 1. The third-order valence-corrected chi connectivity index (χ3v) is 2.04. The van der Waals surface area contributed by atoms with Crippen LogP contribution in [0.25, 0.3) is 10.9 Å². The Bertz CT molecular complexity index is 406. The molecule has 2 aromatic rings. The molecule has 13 heavy (non-hydrogen) atoms. The van der Waals surface area contributed by atoms with E-state index in [-0.39, 0.29) is 6.10 Å². The second kappa shape index (κ2) is 3.18. The number of H-pyrrole nitrogens is 1. The highest BCUT2D eigenvalue weighted by molar-refractivity contribution is 5.81. The quantitative estimate of drug-likeness (QED) is 0.728. The molecule has 0 radical (unpaired) electrons. The van der Waals surface area contributed by atoms with Crippen LogP contribution in [0, 0.1) is 0 Å². The van der Waals surface area contributed by atoms with E-state index in [0.29, 0.717) is 6.42 Å². The minimum absolute atomic E-state index is 0.330. The molecule has 0 spiro atoms. The molecule has 0 amide bonds. The van der Waals surface area contributed by atoms with Crippen molar-refractivity contribution in [2.24, 2.45) is 0 Å². The van der Waals surface area contributed by atoms with Crippen molar-refractivity contribution < 1.29 is 5.11 Å². The zero-order valence-electron chi connectivity index (χ0n) is 7.49. The Labute approximate surface area is 76.4 Å². The van der Waals surface area contributed by atoms with Gasteiger partial charge in [-0.15, -0.1) is 0 Å². The summed E-state index contributed by atoms with van der Waals surface area (Å²) in [5, 5.41) is 17.4. The first-order valence-corrected chi connectivity index (χ1v) is 4.37. The summed E-state index contributed by atoms with van der Waals surface area (Å²) in [6.45, 7) is 1.77. The largest absolute Gasteiger partial charge is 0.393 e. The normalized spacial score (nSPS) is 13.4. The molecule has 0 fully saturated rings. The zero-order valence-corrected chi connectivity index (χ0v) is 7.49. The average Bonchev–Trinajstić information content (AvgIpc) is 2.48. The maximum absolute atomic E-state index is 9.24. The van der Waals surface area contributed by atoms with Gasteiger partial charge >= 0.3 is 0 Å². The number of benzene rings is 1. The van der Waals surface area contributed by atoms with Crippen LogP contribution in [-0.4, -0.2) is 21.4 Å². The Hall–Kier alpha value is -1.35. The van der Waals surface area contributed by atoms with E-state index in [2.05, 4.69) is 10.2 Å². The van der Waals surface area contributed by atoms with E-state index in [9.17, 15) is 5.11 Å². The molecule has 68 valence electrons. The Morgan fingerprint density at radius 3 is 3.00 bits per heavy atom. The van der Waals surface area contributed by atoms with E-state index in [1.54, 1.807) is 6.92 Å². The molecule has 0 aliphatic carbocycles. The number of fused-ring (bicyclic) bond motifs is 1. The minimum Gasteiger partial charge on any atom is -0.393 e. The average molecular weight is 176 g/mol. The molecular weight excluding hydrogens is 164 g/mol. The number of rotatable bonds is 2. The van der Waals surface area contributed by atoms with Gasteiger partial charge in [0.05, 0.1) is 11.6 Å². The summed E-state index contributed by atoms with van der Waals surface area (Å²) in [5.74, 6) is 0. The predicted molar refractivity (Wildman–Crippen MR) is 51.5 cm³/mol. The van der Waals surface area contributed by atoms with Crippen LogP contribution in [0.2, 0.25) is 0 Å². The molecule has 0 saturated carbocycles. The number of hydrogen-bond acceptors (Lipinski definition) is 2. The molecule has 0 bridgehead atoms. The third kappa shape index (κ3) is 1.55. The van der Waals surface area contributed by atoms with Crippen molar-refractivity contribution in [2.75, 3.05) is 0 Å². The molecular formula is C10H12N2O. The van der Waals surface area contributed by atoms with Gasteiger partial charge in [0.25, 0.3) is 0 Å². The lowest BCUT2D eigenvalue weighted by molar-refractivity contribution is 0.194. The van der Waals surface area contributed by atoms with E-state index < -0.39 is 0 Å². The van der Waals surface area contributed by atoms with Crippen molar-refractivity contribution >= 4 is 10.9 Å². The molecule has 1 aromatic carbocycles. The molecule has 3 heteroatoms. The van der Waals surface area contributed by atoms with Gasteiger partial charge in [0.2, 0.25) is 0 Å². The zero-order chi connectivity index (χ0) is 9.26. The number of nitrogens with one attached hydrogen (secondary N) is 1. The Morgan fingerprint density at radius 1 is 1.46 bits per heavy atom. The lowest BCUT2D eigenvalue weighted by Crippen LogP contribution is -2.04. The number of aromatic nitrogens is 2. The van der Waals surface area contributed by atoms with E-state index in [4.69, 9.17) is 0 Å². The maximum atomic E-state index is 9.24. The van der Waals surface area contributed by atoms with Gasteiger partial charge in [-0.2, -0.15) is 5.10 Å². The van der Waals surface area contributed by atoms with E-state index in [0.717, 1.165) is 16.6 Å². The topological polar surface area (TPSA) is 48.9 Å². The second-order valence-electron chi connectivity index (χ2n) is 3.27. The van der Waals surface area contributed by atoms with Crippen LogP contribution in [0.15, 0.2) is 24.3 Å². The van der Waals surface area contributed by atoms with Crippen molar-refractivity contribution in [3.63, 3.8) is 0 Å². The predicted octanol–water partition coefficient (Wildman–Crippen LogP) is 1.49. The van der Waals surface area contributed by atoms with Gasteiger partial charge in [-0.3, -0.25) is 5.10 Å². The fraction of sp³-hybridized carbons (Fsp3) is 0.300. The third-order valence-electron chi connectivity index (χ3n) is 2.04. The van der Waals surface area contributed by atoms with Crippen molar-refractivity contribution in [3.05, 3.63) is 30.0 Å². The van der Waals surface area contributed by atoms with E-state index in [1.165, 1.54) is 0 Å². The summed E-state index contributed by atoms with van der Waals surface area (Å²) < 4.78 is 0. The molecule has 1 heterocycles. The molecule has 0 aliphatic heterocycles. The number of para-hydroxylation sites is 1. The van der Waals surface area contributed by atoms with Crippen LogP contribution in [0.4, 0.5) is 0 Å². The van der Waals surface area contributed by atoms with Gasteiger partial charge in [-0.05, 0) is 13.0 Å². The van der Waals surface area contributed by atoms with Crippen molar-refractivity contribution in [1.82, 2.24) is 10.2 Å². The summed E-state index contributed by atoms with van der Waals surface area (Å²) in [4.78, 5) is 0. The molecule has 1 atom stereocenters. The standard InChI is InChI=1S/C10H12N2O/c1-7(13)6-10-8-4-2-3-5-9(8)11-12-10/h2-5,7,13H,6H2,1H3,(H,11,12). The van der Waals surface area contributed by atoms with Gasteiger partial charge in [-0.25, -0.2) is 0 Å². The number of aliphatic hydroxyl groups excluding tert-OH is 1. The number of nitrogens with zero attached hydrogens (tertiary/aromatic N) is 1. The highest BCUT2D eigenvalue weighted by Crippen LogP contribution is 2.16. The van der Waals surface area contributed by atoms with Gasteiger partial charge in [0, 0.05) is 17.5 Å². The van der Waals surface area contributed by atoms with Crippen LogP contribution in [0.3, 0.4) is 0 Å². The maximum Gasteiger partial charge on any atom is 0.0923 e. The summed E-state index contributed by atoms with van der Waals surface area (Å²) in [6, 6.07) is 7.90. The summed E-state index contributed by atoms with van der Waals surface area (Å²) in [7, 11) is 0. The van der Waals surface area contributed by atoms with Gasteiger partial charge in [-0.1, -0.05) is 18.2 Å². The van der Waals surface area contributed by atoms with Crippen LogP contribution in [-0.2, 0) is 6.42 Å². The first-order chi connectivity index (χ1) is 6.27. The molecule has 0 aliphatic rings. The first kappa shape index (κ1) is 8.26. The minimum atomic E-state index is -0.330. The highest BCUT2D eigenvalue weighted by atomic mass is 16.3. The van der Waals surface area contributed by atoms with Gasteiger partial charge in [0.15, 0.2) is 0 Å². The van der Waals surface area contributed by atoms with E-state index >= 15 is 0 Å². The number of aromatic amines is 1. The lowest BCUT2D eigenvalue weighted by Gasteiger charge is -2.00. The summed E-state index contributed by atoms with van der Waals surface area (Å²) >= 11 is 0. The molecule has 2 N–H and O–H groups in total.